The minimum atomic E-state index is -0.632. The van der Waals surface area contributed by atoms with Crippen LogP contribution in [0.1, 0.15) is 45.1 Å². The Kier molecular flexibility index (Phi) is 6.27. The zero-order chi connectivity index (χ0) is 19.4. The van der Waals surface area contributed by atoms with E-state index < -0.39 is 5.97 Å². The monoisotopic (exact) mass is 372 g/mol. The molecule has 1 unspecified atom stereocenters. The topological polar surface area (TPSA) is 69.6 Å². The van der Waals surface area contributed by atoms with E-state index in [0.717, 1.165) is 63.5 Å². The highest BCUT2D eigenvalue weighted by Gasteiger charge is 2.51. The van der Waals surface area contributed by atoms with E-state index >= 15 is 0 Å². The summed E-state index contributed by atoms with van der Waals surface area (Å²) in [6.07, 6.45) is 6.70. The number of carbonyl (C=O) groups is 1. The van der Waals surface area contributed by atoms with Crippen molar-refractivity contribution < 1.29 is 9.90 Å². The number of piperidine rings is 1. The molecule has 1 spiro atoms. The van der Waals surface area contributed by atoms with Crippen LogP contribution in [0, 0.1) is 11.3 Å². The quantitative estimate of drug-likeness (QED) is 0.774. The van der Waals surface area contributed by atoms with Crippen molar-refractivity contribution in [2.45, 2.75) is 46.6 Å². The Balaban J connectivity index is 1.63. The molecule has 0 aromatic carbocycles. The molecule has 2 aliphatic heterocycles. The molecule has 0 amide bonds. The predicted octanol–water partition coefficient (Wildman–Crippen LogP) is 2.60. The summed E-state index contributed by atoms with van der Waals surface area (Å²) >= 11 is 0. The smallest absolute Gasteiger partial charge is 0.308 e. The maximum absolute atomic E-state index is 11.9. The highest BCUT2D eigenvalue weighted by Crippen LogP contribution is 2.45. The van der Waals surface area contributed by atoms with Crippen LogP contribution in [0.5, 0.6) is 0 Å². The molecule has 0 radical (unpaired) electrons. The van der Waals surface area contributed by atoms with Crippen LogP contribution in [0.15, 0.2) is 23.9 Å². The van der Waals surface area contributed by atoms with Gasteiger partial charge in [0.1, 0.15) is 5.82 Å². The first kappa shape index (κ1) is 20.0. The van der Waals surface area contributed by atoms with Gasteiger partial charge in [-0.15, -0.1) is 0 Å². The summed E-state index contributed by atoms with van der Waals surface area (Å²) in [7, 11) is 0. The van der Waals surface area contributed by atoms with E-state index in [4.69, 9.17) is 0 Å². The first-order valence-corrected chi connectivity index (χ1v) is 10.1. The number of aliphatic carboxylic acids is 1. The van der Waals surface area contributed by atoms with Crippen molar-refractivity contribution in [1.29, 1.82) is 0 Å². The second-order valence-corrected chi connectivity index (χ2v) is 8.15. The summed E-state index contributed by atoms with van der Waals surface area (Å²) in [6.45, 7) is 11.4. The van der Waals surface area contributed by atoms with Crippen LogP contribution in [0.2, 0.25) is 0 Å². The van der Waals surface area contributed by atoms with E-state index in [-0.39, 0.29) is 11.3 Å². The van der Waals surface area contributed by atoms with Crippen LogP contribution < -0.4 is 0 Å². The fourth-order valence-electron chi connectivity index (χ4n) is 4.57. The van der Waals surface area contributed by atoms with Gasteiger partial charge in [-0.2, -0.15) is 0 Å². The van der Waals surface area contributed by atoms with Crippen molar-refractivity contribution in [3.05, 3.63) is 35.4 Å². The van der Waals surface area contributed by atoms with Gasteiger partial charge in [-0.25, -0.2) is 9.97 Å². The third-order valence-electron chi connectivity index (χ3n) is 6.30. The van der Waals surface area contributed by atoms with Gasteiger partial charge >= 0.3 is 5.97 Å². The van der Waals surface area contributed by atoms with Gasteiger partial charge in [0.2, 0.25) is 0 Å². The summed E-state index contributed by atoms with van der Waals surface area (Å²) in [4.78, 5) is 25.6. The van der Waals surface area contributed by atoms with Gasteiger partial charge in [0.15, 0.2) is 0 Å². The normalized spacial score (nSPS) is 23.8. The molecular formula is C21H32N4O2. The van der Waals surface area contributed by atoms with E-state index in [1.165, 1.54) is 5.57 Å². The minimum absolute atomic E-state index is 0.0867. The number of nitrogens with zero attached hydrogens (tertiary/aromatic N) is 4. The Hall–Kier alpha value is -1.79. The van der Waals surface area contributed by atoms with E-state index in [0.29, 0.717) is 6.54 Å². The molecule has 0 bridgehead atoms. The molecule has 1 aromatic heterocycles. The van der Waals surface area contributed by atoms with Crippen molar-refractivity contribution in [2.24, 2.45) is 11.3 Å². The fraction of sp³-hybridized carbons (Fsp3) is 0.667. The van der Waals surface area contributed by atoms with Gasteiger partial charge in [0.05, 0.1) is 11.6 Å². The number of aromatic nitrogens is 2. The molecule has 27 heavy (non-hydrogen) atoms. The molecule has 0 saturated carbocycles. The van der Waals surface area contributed by atoms with Gasteiger partial charge < -0.3 is 5.11 Å². The number of hydrogen-bond acceptors (Lipinski definition) is 5. The molecule has 1 atom stereocenters. The molecule has 3 rings (SSSR count). The molecule has 0 aliphatic carbocycles. The van der Waals surface area contributed by atoms with E-state index in [9.17, 15) is 9.90 Å². The van der Waals surface area contributed by atoms with Crippen LogP contribution in [-0.4, -0.2) is 63.6 Å². The lowest BCUT2D eigenvalue weighted by Crippen LogP contribution is -2.45. The molecule has 1 aromatic rings. The zero-order valence-electron chi connectivity index (χ0n) is 16.8. The summed E-state index contributed by atoms with van der Waals surface area (Å²) in [6, 6.07) is 1.99. The van der Waals surface area contributed by atoms with Crippen molar-refractivity contribution >= 4 is 5.97 Å². The lowest BCUT2D eigenvalue weighted by molar-refractivity contribution is -0.146. The summed E-state index contributed by atoms with van der Waals surface area (Å²) < 4.78 is 0. The average molecular weight is 373 g/mol. The van der Waals surface area contributed by atoms with E-state index in [1.54, 1.807) is 0 Å². The number of rotatable bonds is 6. The number of likely N-dealkylation sites (tertiary alicyclic amines) is 2. The molecule has 2 fully saturated rings. The van der Waals surface area contributed by atoms with Crippen LogP contribution in [0.3, 0.4) is 0 Å². The molecule has 6 nitrogen and oxygen atoms in total. The standard InChI is InChI=1S/C21H32N4O2/c1-4-16(3)12-25-14-18(20(26)27)21(15-25)7-10-24(11-8-21)13-17-6-9-22-19(5-2)23-17/h4,6,9,18H,5,7-8,10-15H2,1-3H3,(H,26,27). The number of aryl methyl sites for hydroxylation is 1. The summed E-state index contributed by atoms with van der Waals surface area (Å²) in [5, 5.41) is 9.83. The summed E-state index contributed by atoms with van der Waals surface area (Å²) in [5.41, 5.74) is 2.28. The number of allylic oxidation sites excluding steroid dienone is 1. The van der Waals surface area contributed by atoms with Crippen LogP contribution in [0.25, 0.3) is 0 Å². The van der Waals surface area contributed by atoms with Crippen molar-refractivity contribution in [2.75, 3.05) is 32.7 Å². The molecule has 3 heterocycles. The largest absolute Gasteiger partial charge is 0.481 e. The zero-order valence-corrected chi connectivity index (χ0v) is 16.8. The van der Waals surface area contributed by atoms with Gasteiger partial charge in [0, 0.05) is 44.2 Å². The maximum atomic E-state index is 11.9. The Labute approximate surface area is 162 Å². The molecule has 2 aliphatic rings. The van der Waals surface area contributed by atoms with E-state index in [2.05, 4.69) is 39.7 Å². The molecule has 148 valence electrons. The van der Waals surface area contributed by atoms with Gasteiger partial charge in [-0.05, 0) is 45.8 Å². The van der Waals surface area contributed by atoms with Crippen LogP contribution >= 0.6 is 0 Å². The SMILES string of the molecule is CC=C(C)CN1CC(C(=O)O)C2(CCN(Cc3ccnc(CC)n3)CC2)C1. The highest BCUT2D eigenvalue weighted by molar-refractivity contribution is 5.72. The first-order chi connectivity index (χ1) is 13.0. The second-order valence-electron chi connectivity index (χ2n) is 8.15. The summed E-state index contributed by atoms with van der Waals surface area (Å²) in [5.74, 6) is 0.000207. The number of carboxylic acids is 1. The lowest BCUT2D eigenvalue weighted by Gasteiger charge is -2.41. The van der Waals surface area contributed by atoms with E-state index in [1.807, 2.05) is 19.2 Å². The van der Waals surface area contributed by atoms with Crippen molar-refractivity contribution in [1.82, 2.24) is 19.8 Å². The first-order valence-electron chi connectivity index (χ1n) is 10.1. The molecule has 6 heteroatoms. The number of carboxylic acid groups (broad SMARTS) is 1. The number of hydrogen-bond donors (Lipinski definition) is 1. The third kappa shape index (κ3) is 4.55. The average Bonchev–Trinajstić information content (AvgIpc) is 3.01. The van der Waals surface area contributed by atoms with Crippen LogP contribution in [0.4, 0.5) is 0 Å². The Morgan fingerprint density at radius 3 is 2.74 bits per heavy atom. The third-order valence-corrected chi connectivity index (χ3v) is 6.30. The lowest BCUT2D eigenvalue weighted by atomic mass is 9.71. The second kappa shape index (κ2) is 8.48. The van der Waals surface area contributed by atoms with Gasteiger partial charge in [-0.1, -0.05) is 18.6 Å². The van der Waals surface area contributed by atoms with Crippen molar-refractivity contribution in [3.8, 4) is 0 Å². The molecule has 1 N–H and O–H groups in total. The van der Waals surface area contributed by atoms with Crippen molar-refractivity contribution in [3.63, 3.8) is 0 Å². The van der Waals surface area contributed by atoms with Gasteiger partial charge in [0.25, 0.3) is 0 Å². The Morgan fingerprint density at radius 2 is 2.11 bits per heavy atom. The minimum Gasteiger partial charge on any atom is -0.481 e. The Morgan fingerprint density at radius 1 is 1.37 bits per heavy atom. The molecular weight excluding hydrogens is 340 g/mol. The van der Waals surface area contributed by atoms with Crippen LogP contribution in [-0.2, 0) is 17.8 Å². The highest BCUT2D eigenvalue weighted by atomic mass is 16.4. The Bertz CT molecular complexity index is 695. The molecule has 2 saturated heterocycles. The van der Waals surface area contributed by atoms with Gasteiger partial charge in [-0.3, -0.25) is 14.6 Å². The maximum Gasteiger partial charge on any atom is 0.308 e. The predicted molar refractivity (Wildman–Crippen MR) is 105 cm³/mol. The fourth-order valence-corrected chi connectivity index (χ4v) is 4.57.